The van der Waals surface area contributed by atoms with Crippen LogP contribution in [0.2, 0.25) is 0 Å². The summed E-state index contributed by atoms with van der Waals surface area (Å²) in [6.45, 7) is 2.27. The van der Waals surface area contributed by atoms with Crippen molar-refractivity contribution in [3.63, 3.8) is 0 Å². The molecule has 4 rings (SSSR count). The first kappa shape index (κ1) is 21.9. The molecule has 1 aromatic carbocycles. The summed E-state index contributed by atoms with van der Waals surface area (Å²) in [5.74, 6) is 0.159. The van der Waals surface area contributed by atoms with E-state index >= 15 is 0 Å². The molecular formula is C23H20N6O4. The van der Waals surface area contributed by atoms with Crippen LogP contribution < -0.4 is 15.9 Å². The molecule has 3 heterocycles. The van der Waals surface area contributed by atoms with Crippen LogP contribution in [0.25, 0.3) is 0 Å². The molecule has 10 heteroatoms. The second kappa shape index (κ2) is 9.47. The molecule has 0 saturated carbocycles. The smallest absolute Gasteiger partial charge is 0.296 e. The Balaban J connectivity index is 1.65. The summed E-state index contributed by atoms with van der Waals surface area (Å²) in [7, 11) is 0. The summed E-state index contributed by atoms with van der Waals surface area (Å²) in [6.07, 6.45) is 3.56. The Morgan fingerprint density at radius 1 is 1.15 bits per heavy atom. The van der Waals surface area contributed by atoms with Gasteiger partial charge in [-0.1, -0.05) is 0 Å². The van der Waals surface area contributed by atoms with Gasteiger partial charge >= 0.3 is 0 Å². The van der Waals surface area contributed by atoms with E-state index in [1.165, 1.54) is 39.8 Å². The molecule has 0 amide bonds. The lowest BCUT2D eigenvalue weighted by Crippen LogP contribution is -2.32. The van der Waals surface area contributed by atoms with E-state index in [0.717, 1.165) is 12.8 Å². The van der Waals surface area contributed by atoms with Gasteiger partial charge in [0, 0.05) is 12.7 Å². The number of hydrogen-bond donors (Lipinski definition) is 0. The molecule has 166 valence electrons. The van der Waals surface area contributed by atoms with Gasteiger partial charge in [0.15, 0.2) is 6.23 Å². The Morgan fingerprint density at radius 2 is 1.91 bits per heavy atom. The van der Waals surface area contributed by atoms with E-state index in [4.69, 9.17) is 20.0 Å². The molecule has 0 aliphatic carbocycles. The summed E-state index contributed by atoms with van der Waals surface area (Å²) in [4.78, 5) is 29.6. The summed E-state index contributed by atoms with van der Waals surface area (Å²) < 4.78 is 14.0. The van der Waals surface area contributed by atoms with Crippen molar-refractivity contribution >= 4 is 0 Å². The first-order valence-electron chi connectivity index (χ1n) is 10.4. The first-order chi connectivity index (χ1) is 16.0. The van der Waals surface area contributed by atoms with Crippen molar-refractivity contribution < 1.29 is 9.47 Å². The van der Waals surface area contributed by atoms with Crippen molar-refractivity contribution in [2.75, 3.05) is 6.61 Å². The van der Waals surface area contributed by atoms with Gasteiger partial charge in [-0.3, -0.25) is 14.2 Å². The highest BCUT2D eigenvalue weighted by Gasteiger charge is 2.19. The number of rotatable bonds is 5. The van der Waals surface area contributed by atoms with E-state index in [0.29, 0.717) is 24.4 Å². The van der Waals surface area contributed by atoms with Crippen molar-refractivity contribution in [1.82, 2.24) is 19.3 Å². The highest BCUT2D eigenvalue weighted by atomic mass is 16.5. The zero-order valence-electron chi connectivity index (χ0n) is 17.9. The Kier molecular flexibility index (Phi) is 6.29. The van der Waals surface area contributed by atoms with Crippen molar-refractivity contribution in [2.45, 2.75) is 39.0 Å². The number of aromatic nitrogens is 4. The van der Waals surface area contributed by atoms with Gasteiger partial charge in [-0.15, -0.1) is 0 Å². The highest BCUT2D eigenvalue weighted by Crippen LogP contribution is 2.23. The molecule has 0 radical (unpaired) electrons. The third-order valence-corrected chi connectivity index (χ3v) is 5.20. The zero-order valence-corrected chi connectivity index (χ0v) is 17.9. The highest BCUT2D eigenvalue weighted by molar-refractivity contribution is 5.46. The molecule has 0 N–H and O–H groups in total. The van der Waals surface area contributed by atoms with Gasteiger partial charge in [0.1, 0.15) is 5.75 Å². The molecule has 1 aliphatic heterocycles. The van der Waals surface area contributed by atoms with Crippen LogP contribution in [0.4, 0.5) is 0 Å². The monoisotopic (exact) mass is 444 g/mol. The maximum atomic E-state index is 13.1. The number of benzene rings is 1. The fourth-order valence-corrected chi connectivity index (χ4v) is 3.53. The molecule has 1 saturated heterocycles. The van der Waals surface area contributed by atoms with Crippen LogP contribution in [0.15, 0.2) is 46.2 Å². The van der Waals surface area contributed by atoms with Crippen molar-refractivity contribution in [1.29, 1.82) is 10.5 Å². The summed E-state index contributed by atoms with van der Waals surface area (Å²) in [6, 6.07) is 11.2. The summed E-state index contributed by atoms with van der Waals surface area (Å²) >= 11 is 0. The molecule has 2 aromatic heterocycles. The lowest BCUT2D eigenvalue weighted by Gasteiger charge is -2.23. The largest absolute Gasteiger partial charge is 0.450 e. The Labute approximate surface area is 188 Å². The average molecular weight is 444 g/mol. The minimum Gasteiger partial charge on any atom is -0.450 e. The molecule has 10 nitrogen and oxygen atoms in total. The molecule has 1 aliphatic rings. The molecule has 1 atom stereocenters. The molecule has 0 bridgehead atoms. The SMILES string of the molecule is Cc1ncn(Cc2ccc(=O)n(C3CCCCO3)n2)c(=O)c1Oc1cc(C#N)cc(C#N)c1. The quantitative estimate of drug-likeness (QED) is 0.585. The van der Waals surface area contributed by atoms with Crippen LogP contribution in [-0.2, 0) is 11.3 Å². The number of aryl methyl sites for hydroxylation is 1. The van der Waals surface area contributed by atoms with Crippen LogP contribution in [-0.4, -0.2) is 25.9 Å². The number of nitrogens with zero attached hydrogens (tertiary/aromatic N) is 6. The molecule has 0 spiro atoms. The van der Waals surface area contributed by atoms with Crippen LogP contribution in [0.3, 0.4) is 0 Å². The Morgan fingerprint density at radius 3 is 2.58 bits per heavy atom. The maximum absolute atomic E-state index is 13.1. The van der Waals surface area contributed by atoms with Crippen molar-refractivity contribution in [3.05, 3.63) is 79.9 Å². The topological polar surface area (TPSA) is 136 Å². The van der Waals surface area contributed by atoms with Gasteiger partial charge in [-0.05, 0) is 50.5 Å². The molecule has 33 heavy (non-hydrogen) atoms. The standard InChI is InChI=1S/C23H20N6O4/c1-15-22(33-19-9-16(11-24)8-17(10-19)12-25)23(31)28(14-26-15)13-18-5-6-20(30)29(27-18)21-4-2-3-7-32-21/h5-6,8-10,14,21H,2-4,7,13H2,1H3. The van der Waals surface area contributed by atoms with Gasteiger partial charge in [-0.2, -0.15) is 15.6 Å². The predicted molar refractivity (Wildman–Crippen MR) is 116 cm³/mol. The lowest BCUT2D eigenvalue weighted by molar-refractivity contribution is -0.0428. The molecule has 1 fully saturated rings. The van der Waals surface area contributed by atoms with Gasteiger partial charge < -0.3 is 9.47 Å². The van der Waals surface area contributed by atoms with E-state index in [-0.39, 0.29) is 34.7 Å². The van der Waals surface area contributed by atoms with E-state index in [2.05, 4.69) is 10.1 Å². The fourth-order valence-electron chi connectivity index (χ4n) is 3.53. The van der Waals surface area contributed by atoms with E-state index in [1.807, 2.05) is 12.1 Å². The lowest BCUT2D eigenvalue weighted by atomic mass is 10.1. The average Bonchev–Trinajstić information content (AvgIpc) is 2.84. The maximum Gasteiger partial charge on any atom is 0.296 e. The molecule has 3 aromatic rings. The number of ether oxygens (including phenoxy) is 2. The minimum atomic E-state index is -0.461. The summed E-state index contributed by atoms with van der Waals surface area (Å²) in [5.41, 5.74) is 0.586. The fraction of sp³-hybridized carbons (Fsp3) is 0.304. The Bertz CT molecular complexity index is 1360. The third-order valence-electron chi connectivity index (χ3n) is 5.20. The van der Waals surface area contributed by atoms with Crippen LogP contribution in [0.1, 0.15) is 48.0 Å². The van der Waals surface area contributed by atoms with Gasteiger partial charge in [-0.25, -0.2) is 9.67 Å². The Hall–Kier alpha value is -4.28. The van der Waals surface area contributed by atoms with Gasteiger partial charge in [0.05, 0.1) is 47.5 Å². The van der Waals surface area contributed by atoms with E-state index in [9.17, 15) is 9.59 Å². The predicted octanol–water partition coefficient (Wildman–Crippen LogP) is 2.39. The minimum absolute atomic E-state index is 0.0274. The number of hydrogen-bond acceptors (Lipinski definition) is 8. The van der Waals surface area contributed by atoms with Crippen LogP contribution in [0, 0.1) is 29.6 Å². The first-order valence-corrected chi connectivity index (χ1v) is 10.4. The van der Waals surface area contributed by atoms with Gasteiger partial charge in [0.2, 0.25) is 5.75 Å². The van der Waals surface area contributed by atoms with Crippen molar-refractivity contribution in [2.24, 2.45) is 0 Å². The number of nitriles is 2. The third kappa shape index (κ3) is 4.81. The van der Waals surface area contributed by atoms with Crippen molar-refractivity contribution in [3.8, 4) is 23.6 Å². The van der Waals surface area contributed by atoms with E-state index < -0.39 is 11.8 Å². The second-order valence-corrected chi connectivity index (χ2v) is 7.59. The van der Waals surface area contributed by atoms with Gasteiger partial charge in [0.25, 0.3) is 11.1 Å². The molecular weight excluding hydrogens is 424 g/mol. The van der Waals surface area contributed by atoms with E-state index in [1.54, 1.807) is 13.0 Å². The normalized spacial score (nSPS) is 15.4. The summed E-state index contributed by atoms with van der Waals surface area (Å²) in [5, 5.41) is 22.7. The molecule has 1 unspecified atom stereocenters. The second-order valence-electron chi connectivity index (χ2n) is 7.59. The zero-order chi connectivity index (χ0) is 23.4. The van der Waals surface area contributed by atoms with Crippen LogP contribution >= 0.6 is 0 Å². The van der Waals surface area contributed by atoms with Crippen LogP contribution in [0.5, 0.6) is 11.5 Å².